The largest absolute Gasteiger partial charge is 0.370 e. The summed E-state index contributed by atoms with van der Waals surface area (Å²) in [4.78, 5) is 19.2. The Morgan fingerprint density at radius 3 is 2.66 bits per heavy atom. The second-order valence-corrected chi connectivity index (χ2v) is 8.05. The Morgan fingerprint density at radius 1 is 1.16 bits per heavy atom. The second kappa shape index (κ2) is 9.63. The zero-order chi connectivity index (χ0) is 22.5. The van der Waals surface area contributed by atoms with Crippen molar-refractivity contribution >= 4 is 17.3 Å². The van der Waals surface area contributed by atoms with Crippen molar-refractivity contribution in [3.8, 4) is 28.5 Å². The van der Waals surface area contributed by atoms with E-state index in [1.54, 1.807) is 6.20 Å². The van der Waals surface area contributed by atoms with Gasteiger partial charge in [0.1, 0.15) is 6.07 Å². The summed E-state index contributed by atoms with van der Waals surface area (Å²) in [5.74, 6) is -0.110. The van der Waals surface area contributed by atoms with Gasteiger partial charge in [0.25, 0.3) is 0 Å². The number of nitrogens with zero attached hydrogens (tertiary/aromatic N) is 3. The average Bonchev–Trinajstić information content (AvgIpc) is 3.34. The third-order valence-electron chi connectivity index (χ3n) is 5.85. The number of nitrogens with two attached hydrogens (primary N) is 1. The Kier molecular flexibility index (Phi) is 6.48. The molecular formula is C26H27N5O. The highest BCUT2D eigenvalue weighted by molar-refractivity contribution is 5.96. The molecule has 1 aliphatic rings. The van der Waals surface area contributed by atoms with Gasteiger partial charge in [-0.3, -0.25) is 9.78 Å². The molecule has 162 valence electrons. The van der Waals surface area contributed by atoms with Gasteiger partial charge in [0.15, 0.2) is 0 Å². The molecule has 1 aromatic heterocycles. The maximum absolute atomic E-state index is 12.4. The number of hydrogen-bond acceptors (Lipinski definition) is 5. The van der Waals surface area contributed by atoms with Crippen molar-refractivity contribution in [2.45, 2.75) is 26.2 Å². The van der Waals surface area contributed by atoms with Gasteiger partial charge in [-0.15, -0.1) is 0 Å². The van der Waals surface area contributed by atoms with Crippen molar-refractivity contribution in [1.29, 1.82) is 5.26 Å². The van der Waals surface area contributed by atoms with Crippen LogP contribution in [0.3, 0.4) is 0 Å². The van der Waals surface area contributed by atoms with E-state index in [9.17, 15) is 10.1 Å². The molecule has 1 amide bonds. The number of carbonyl (C=O) groups excluding carboxylic acids is 1. The first kappa shape index (κ1) is 21.5. The summed E-state index contributed by atoms with van der Waals surface area (Å²) >= 11 is 0. The lowest BCUT2D eigenvalue weighted by atomic mass is 9.97. The molecule has 0 saturated carbocycles. The quantitative estimate of drug-likeness (QED) is 0.607. The number of benzene rings is 2. The highest BCUT2D eigenvalue weighted by Crippen LogP contribution is 2.36. The molecule has 0 aliphatic carbocycles. The molecule has 2 heterocycles. The number of aryl methyl sites for hydroxylation is 1. The van der Waals surface area contributed by atoms with E-state index in [4.69, 9.17) is 5.73 Å². The minimum atomic E-state index is -0.110. The minimum absolute atomic E-state index is 0.110. The molecule has 1 fully saturated rings. The van der Waals surface area contributed by atoms with Crippen molar-refractivity contribution in [1.82, 2.24) is 4.98 Å². The number of amides is 1. The Labute approximate surface area is 188 Å². The van der Waals surface area contributed by atoms with Gasteiger partial charge in [0.2, 0.25) is 5.91 Å². The van der Waals surface area contributed by atoms with Crippen LogP contribution in [0.25, 0.3) is 22.4 Å². The summed E-state index contributed by atoms with van der Waals surface area (Å²) in [6.07, 6.45) is 4.17. The summed E-state index contributed by atoms with van der Waals surface area (Å²) in [7, 11) is 0. The molecule has 4 rings (SSSR count). The molecule has 0 spiro atoms. The molecule has 0 bridgehead atoms. The number of carbonyl (C=O) groups is 1. The topological polar surface area (TPSA) is 95.0 Å². The number of pyridine rings is 1. The SMILES string of the molecule is Cc1ccccc1-c1cc(-c2ccc(N3CCCC3)c(NC(=O)CCN)c2)c(C#N)cn1. The third-order valence-corrected chi connectivity index (χ3v) is 5.85. The third kappa shape index (κ3) is 4.48. The number of hydrogen-bond donors (Lipinski definition) is 2. The van der Waals surface area contributed by atoms with Crippen molar-refractivity contribution in [2.24, 2.45) is 5.73 Å². The summed E-state index contributed by atoms with van der Waals surface area (Å²) in [5, 5.41) is 12.8. The number of aromatic nitrogens is 1. The minimum Gasteiger partial charge on any atom is -0.370 e. The Balaban J connectivity index is 1.80. The lowest BCUT2D eigenvalue weighted by molar-refractivity contribution is -0.116. The van der Waals surface area contributed by atoms with Crippen LogP contribution in [-0.2, 0) is 4.79 Å². The van der Waals surface area contributed by atoms with Crippen molar-refractivity contribution in [2.75, 3.05) is 29.9 Å². The lowest BCUT2D eigenvalue weighted by Crippen LogP contribution is -2.22. The van der Waals surface area contributed by atoms with E-state index in [1.807, 2.05) is 55.5 Å². The van der Waals surface area contributed by atoms with E-state index in [0.717, 1.165) is 65.3 Å². The van der Waals surface area contributed by atoms with E-state index in [-0.39, 0.29) is 12.3 Å². The van der Waals surface area contributed by atoms with Gasteiger partial charge in [-0.1, -0.05) is 30.3 Å². The van der Waals surface area contributed by atoms with Crippen LogP contribution < -0.4 is 16.0 Å². The van der Waals surface area contributed by atoms with Crippen LogP contribution >= 0.6 is 0 Å². The van der Waals surface area contributed by atoms with Crippen molar-refractivity contribution in [3.63, 3.8) is 0 Å². The van der Waals surface area contributed by atoms with Crippen LogP contribution in [-0.4, -0.2) is 30.5 Å². The molecule has 0 atom stereocenters. The standard InChI is InChI=1S/C26H27N5O/c1-18-6-2-3-7-21(18)23-15-22(20(16-28)17-29-23)19-8-9-25(31-12-4-5-13-31)24(14-19)30-26(32)10-11-27/h2-3,6-9,14-15,17H,4-5,10-13,27H2,1H3,(H,30,32). The van der Waals surface area contributed by atoms with Gasteiger partial charge in [-0.25, -0.2) is 0 Å². The summed E-state index contributed by atoms with van der Waals surface area (Å²) in [6, 6.07) is 18.3. The normalized spacial score (nSPS) is 13.1. The fourth-order valence-electron chi connectivity index (χ4n) is 4.17. The fraction of sp³-hybridized carbons (Fsp3) is 0.269. The average molecular weight is 426 g/mol. The van der Waals surface area contributed by atoms with Gasteiger partial charge >= 0.3 is 0 Å². The predicted molar refractivity (Wildman–Crippen MR) is 128 cm³/mol. The Hall–Kier alpha value is -3.69. The summed E-state index contributed by atoms with van der Waals surface area (Å²) in [5.41, 5.74) is 12.4. The van der Waals surface area contributed by atoms with Gasteiger partial charge in [0.05, 0.1) is 22.6 Å². The maximum Gasteiger partial charge on any atom is 0.225 e. The van der Waals surface area contributed by atoms with Crippen LogP contribution in [0.5, 0.6) is 0 Å². The lowest BCUT2D eigenvalue weighted by Gasteiger charge is -2.23. The highest BCUT2D eigenvalue weighted by atomic mass is 16.1. The first-order valence-corrected chi connectivity index (χ1v) is 11.0. The summed E-state index contributed by atoms with van der Waals surface area (Å²) < 4.78 is 0. The smallest absolute Gasteiger partial charge is 0.225 e. The summed E-state index contributed by atoms with van der Waals surface area (Å²) in [6.45, 7) is 4.28. The maximum atomic E-state index is 12.4. The Morgan fingerprint density at radius 2 is 1.94 bits per heavy atom. The van der Waals surface area contributed by atoms with Crippen LogP contribution in [0.1, 0.15) is 30.4 Å². The number of nitrogens with one attached hydrogen (secondary N) is 1. The monoisotopic (exact) mass is 425 g/mol. The molecule has 3 aromatic rings. The van der Waals surface area contributed by atoms with E-state index in [2.05, 4.69) is 21.3 Å². The highest BCUT2D eigenvalue weighted by Gasteiger charge is 2.19. The molecule has 0 unspecified atom stereocenters. The van der Waals surface area contributed by atoms with Crippen LogP contribution in [0.15, 0.2) is 54.7 Å². The van der Waals surface area contributed by atoms with E-state index in [1.165, 1.54) is 0 Å². The molecule has 3 N–H and O–H groups in total. The van der Waals surface area contributed by atoms with E-state index < -0.39 is 0 Å². The molecule has 2 aromatic carbocycles. The number of nitriles is 1. The van der Waals surface area contributed by atoms with Crippen LogP contribution in [0.4, 0.5) is 11.4 Å². The second-order valence-electron chi connectivity index (χ2n) is 8.05. The first-order valence-electron chi connectivity index (χ1n) is 11.0. The van der Waals surface area contributed by atoms with Crippen LogP contribution in [0, 0.1) is 18.3 Å². The molecule has 32 heavy (non-hydrogen) atoms. The molecular weight excluding hydrogens is 398 g/mol. The predicted octanol–water partition coefficient (Wildman–Crippen LogP) is 4.48. The zero-order valence-corrected chi connectivity index (χ0v) is 18.3. The molecule has 6 heteroatoms. The van der Waals surface area contributed by atoms with Gasteiger partial charge < -0.3 is 16.0 Å². The fourth-order valence-corrected chi connectivity index (χ4v) is 4.17. The number of anilines is 2. The van der Waals surface area contributed by atoms with Crippen LogP contribution in [0.2, 0.25) is 0 Å². The van der Waals surface area contributed by atoms with E-state index in [0.29, 0.717) is 12.1 Å². The first-order chi connectivity index (χ1) is 15.6. The van der Waals surface area contributed by atoms with Gasteiger partial charge in [0, 0.05) is 43.4 Å². The number of rotatable bonds is 6. The molecule has 1 saturated heterocycles. The van der Waals surface area contributed by atoms with Gasteiger partial charge in [-0.05, 0) is 49.1 Å². The molecule has 6 nitrogen and oxygen atoms in total. The molecule has 0 radical (unpaired) electrons. The van der Waals surface area contributed by atoms with Gasteiger partial charge in [-0.2, -0.15) is 5.26 Å². The Bertz CT molecular complexity index is 1180. The van der Waals surface area contributed by atoms with Crippen molar-refractivity contribution < 1.29 is 4.79 Å². The molecule has 1 aliphatic heterocycles. The van der Waals surface area contributed by atoms with Crippen molar-refractivity contribution in [3.05, 3.63) is 65.9 Å². The zero-order valence-electron chi connectivity index (χ0n) is 18.3. The van der Waals surface area contributed by atoms with E-state index >= 15 is 0 Å².